The van der Waals surface area contributed by atoms with Gasteiger partial charge in [0, 0.05) is 23.4 Å². The van der Waals surface area contributed by atoms with Gasteiger partial charge in [-0.25, -0.2) is 0 Å². The first-order valence-electron chi connectivity index (χ1n) is 6.73. The zero-order valence-corrected chi connectivity index (χ0v) is 11.7. The second-order valence-electron chi connectivity index (χ2n) is 5.19. The van der Waals surface area contributed by atoms with Crippen LogP contribution in [0.1, 0.15) is 26.0 Å². The van der Waals surface area contributed by atoms with E-state index in [1.165, 1.54) is 0 Å². The van der Waals surface area contributed by atoms with Crippen molar-refractivity contribution in [2.45, 2.75) is 33.2 Å². The lowest BCUT2D eigenvalue weighted by Crippen LogP contribution is -2.27. The Morgan fingerprint density at radius 3 is 2.47 bits per heavy atom. The lowest BCUT2D eigenvalue weighted by atomic mass is 10.0. The third-order valence-electron chi connectivity index (χ3n) is 3.44. The van der Waals surface area contributed by atoms with Crippen LogP contribution in [0.4, 0.5) is 5.82 Å². The molecule has 19 heavy (non-hydrogen) atoms. The molecule has 0 aliphatic heterocycles. The molecule has 0 amide bonds. The standard InChI is InChI=1S/C15H21N3O/c1-10(2)14(8-9-19)16-15-13-7-5-4-6-12(13)11(3)17-18-15/h4-7,10,14,19H,8-9H2,1-3H3,(H,16,18). The highest BCUT2D eigenvalue weighted by atomic mass is 16.3. The van der Waals surface area contributed by atoms with Crippen molar-refractivity contribution in [3.8, 4) is 0 Å². The van der Waals surface area contributed by atoms with Gasteiger partial charge in [-0.3, -0.25) is 0 Å². The number of hydrogen-bond donors (Lipinski definition) is 2. The summed E-state index contributed by atoms with van der Waals surface area (Å²) in [5.74, 6) is 1.22. The van der Waals surface area contributed by atoms with Crippen LogP contribution in [0.3, 0.4) is 0 Å². The largest absolute Gasteiger partial charge is 0.396 e. The quantitative estimate of drug-likeness (QED) is 0.867. The molecule has 0 fully saturated rings. The Hall–Kier alpha value is -1.68. The van der Waals surface area contributed by atoms with Crippen LogP contribution in [0.25, 0.3) is 10.8 Å². The molecule has 1 atom stereocenters. The summed E-state index contributed by atoms with van der Waals surface area (Å²) in [4.78, 5) is 0. The highest BCUT2D eigenvalue weighted by molar-refractivity contribution is 5.92. The van der Waals surface area contributed by atoms with E-state index in [-0.39, 0.29) is 12.6 Å². The predicted molar refractivity (Wildman–Crippen MR) is 78.2 cm³/mol. The van der Waals surface area contributed by atoms with Gasteiger partial charge in [-0.2, -0.15) is 5.10 Å². The SMILES string of the molecule is Cc1nnc(NC(CCO)C(C)C)c2ccccc12. The van der Waals surface area contributed by atoms with Crippen LogP contribution in [-0.2, 0) is 0 Å². The van der Waals surface area contributed by atoms with Crippen molar-refractivity contribution in [2.24, 2.45) is 5.92 Å². The van der Waals surface area contributed by atoms with Gasteiger partial charge in [0.15, 0.2) is 5.82 Å². The van der Waals surface area contributed by atoms with Gasteiger partial charge < -0.3 is 10.4 Å². The molecular weight excluding hydrogens is 238 g/mol. The first-order chi connectivity index (χ1) is 9.13. The van der Waals surface area contributed by atoms with Crippen molar-refractivity contribution in [3.63, 3.8) is 0 Å². The van der Waals surface area contributed by atoms with Gasteiger partial charge in [-0.15, -0.1) is 5.10 Å². The van der Waals surface area contributed by atoms with E-state index in [1.54, 1.807) is 0 Å². The fourth-order valence-electron chi connectivity index (χ4n) is 2.23. The third kappa shape index (κ3) is 3.01. The van der Waals surface area contributed by atoms with E-state index in [4.69, 9.17) is 5.11 Å². The van der Waals surface area contributed by atoms with Crippen LogP contribution in [0.5, 0.6) is 0 Å². The van der Waals surface area contributed by atoms with E-state index >= 15 is 0 Å². The number of fused-ring (bicyclic) bond motifs is 1. The summed E-state index contributed by atoms with van der Waals surface area (Å²) in [6, 6.07) is 8.32. The van der Waals surface area contributed by atoms with Gasteiger partial charge in [-0.05, 0) is 19.3 Å². The van der Waals surface area contributed by atoms with E-state index in [0.717, 1.165) is 22.3 Å². The second-order valence-corrected chi connectivity index (χ2v) is 5.19. The number of hydrogen-bond acceptors (Lipinski definition) is 4. The number of rotatable bonds is 5. The molecule has 1 aromatic carbocycles. The van der Waals surface area contributed by atoms with E-state index < -0.39 is 0 Å². The van der Waals surface area contributed by atoms with Crippen LogP contribution in [0.2, 0.25) is 0 Å². The predicted octanol–water partition coefficient (Wildman–Crippen LogP) is 2.76. The van der Waals surface area contributed by atoms with Crippen molar-refractivity contribution in [3.05, 3.63) is 30.0 Å². The maximum absolute atomic E-state index is 9.14. The van der Waals surface area contributed by atoms with E-state index in [2.05, 4.69) is 41.5 Å². The van der Waals surface area contributed by atoms with Crippen molar-refractivity contribution < 1.29 is 5.11 Å². The van der Waals surface area contributed by atoms with Crippen LogP contribution in [-0.4, -0.2) is 28.0 Å². The summed E-state index contributed by atoms with van der Waals surface area (Å²) >= 11 is 0. The molecule has 4 heteroatoms. The monoisotopic (exact) mass is 259 g/mol. The van der Waals surface area contributed by atoms with Crippen molar-refractivity contribution in [1.82, 2.24) is 10.2 Å². The molecule has 0 saturated heterocycles. The lowest BCUT2D eigenvalue weighted by molar-refractivity contribution is 0.267. The van der Waals surface area contributed by atoms with Gasteiger partial charge in [0.25, 0.3) is 0 Å². The lowest BCUT2D eigenvalue weighted by Gasteiger charge is -2.22. The fraction of sp³-hybridized carbons (Fsp3) is 0.467. The minimum absolute atomic E-state index is 0.174. The maximum Gasteiger partial charge on any atom is 0.156 e. The maximum atomic E-state index is 9.14. The molecule has 1 aromatic heterocycles. The van der Waals surface area contributed by atoms with Crippen LogP contribution in [0, 0.1) is 12.8 Å². The molecule has 4 nitrogen and oxygen atoms in total. The molecule has 102 valence electrons. The topological polar surface area (TPSA) is 58.0 Å². The Bertz CT molecular complexity index is 554. The Labute approximate surface area is 113 Å². The average Bonchev–Trinajstić information content (AvgIpc) is 2.41. The number of aliphatic hydroxyl groups is 1. The Balaban J connectivity index is 2.37. The summed E-state index contributed by atoms with van der Waals surface area (Å²) in [5.41, 5.74) is 0.935. The van der Waals surface area contributed by atoms with Crippen molar-refractivity contribution in [2.75, 3.05) is 11.9 Å². The molecule has 0 radical (unpaired) electrons. The zero-order valence-electron chi connectivity index (χ0n) is 11.7. The first kappa shape index (κ1) is 13.7. The van der Waals surface area contributed by atoms with Gasteiger partial charge >= 0.3 is 0 Å². The molecule has 0 aliphatic carbocycles. The molecule has 2 N–H and O–H groups in total. The summed E-state index contributed by atoms with van der Waals surface area (Å²) in [7, 11) is 0. The molecule has 2 rings (SSSR count). The first-order valence-corrected chi connectivity index (χ1v) is 6.73. The van der Waals surface area contributed by atoms with E-state index in [9.17, 15) is 0 Å². The number of nitrogens with zero attached hydrogens (tertiary/aromatic N) is 2. The Morgan fingerprint density at radius 1 is 1.16 bits per heavy atom. The number of aryl methyl sites for hydroxylation is 1. The molecule has 1 heterocycles. The Kier molecular flexibility index (Phi) is 4.32. The summed E-state index contributed by atoms with van der Waals surface area (Å²) in [6.07, 6.45) is 0.710. The molecular formula is C15H21N3O. The number of anilines is 1. The minimum atomic E-state index is 0.174. The van der Waals surface area contributed by atoms with Gasteiger partial charge in [0.1, 0.15) is 0 Å². The van der Waals surface area contributed by atoms with Crippen molar-refractivity contribution in [1.29, 1.82) is 0 Å². The number of aliphatic hydroxyl groups excluding tert-OH is 1. The van der Waals surface area contributed by atoms with Gasteiger partial charge in [0.2, 0.25) is 0 Å². The van der Waals surface area contributed by atoms with Crippen LogP contribution >= 0.6 is 0 Å². The van der Waals surface area contributed by atoms with E-state index in [0.29, 0.717) is 12.3 Å². The highest BCUT2D eigenvalue weighted by Crippen LogP contribution is 2.24. The fourth-order valence-corrected chi connectivity index (χ4v) is 2.23. The normalized spacial score (nSPS) is 12.9. The van der Waals surface area contributed by atoms with E-state index in [1.807, 2.05) is 19.1 Å². The molecule has 0 saturated carbocycles. The number of nitrogens with one attached hydrogen (secondary N) is 1. The summed E-state index contributed by atoms with van der Waals surface area (Å²) < 4.78 is 0. The number of benzene rings is 1. The van der Waals surface area contributed by atoms with Gasteiger partial charge in [0.05, 0.1) is 5.69 Å². The molecule has 0 bridgehead atoms. The average molecular weight is 259 g/mol. The molecule has 2 aromatic rings. The van der Waals surface area contributed by atoms with Gasteiger partial charge in [-0.1, -0.05) is 38.1 Å². The molecule has 1 unspecified atom stereocenters. The smallest absolute Gasteiger partial charge is 0.156 e. The molecule has 0 aliphatic rings. The number of aromatic nitrogens is 2. The molecule has 0 spiro atoms. The van der Waals surface area contributed by atoms with Crippen LogP contribution in [0.15, 0.2) is 24.3 Å². The Morgan fingerprint density at radius 2 is 1.84 bits per heavy atom. The minimum Gasteiger partial charge on any atom is -0.396 e. The van der Waals surface area contributed by atoms with Crippen LogP contribution < -0.4 is 5.32 Å². The summed E-state index contributed by atoms with van der Waals surface area (Å²) in [5, 5.41) is 23.2. The summed E-state index contributed by atoms with van der Waals surface area (Å²) in [6.45, 7) is 6.41. The second kappa shape index (κ2) is 5.97. The third-order valence-corrected chi connectivity index (χ3v) is 3.44. The highest BCUT2D eigenvalue weighted by Gasteiger charge is 2.15. The zero-order chi connectivity index (χ0) is 13.8. The van der Waals surface area contributed by atoms with Crippen molar-refractivity contribution >= 4 is 16.6 Å².